The first kappa shape index (κ1) is 23.9. The van der Waals surface area contributed by atoms with E-state index in [1.54, 1.807) is 0 Å². The summed E-state index contributed by atoms with van der Waals surface area (Å²) in [5.74, 6) is 0.00337. The molecule has 0 aromatic heterocycles. The van der Waals surface area contributed by atoms with Crippen molar-refractivity contribution in [3.05, 3.63) is 72.9 Å². The largest absolute Gasteiger partial charge is 0.481 e. The maximum Gasteiger partial charge on any atom is 0.303 e. The van der Waals surface area contributed by atoms with Crippen LogP contribution in [0.5, 0.6) is 0 Å². The van der Waals surface area contributed by atoms with Crippen LogP contribution < -0.4 is 0 Å². The monoisotopic (exact) mass is 356 g/mol. The lowest BCUT2D eigenvalue weighted by Crippen LogP contribution is -1.91. The van der Waals surface area contributed by atoms with Gasteiger partial charge in [0.15, 0.2) is 0 Å². The zero-order valence-corrected chi connectivity index (χ0v) is 16.5. The highest BCUT2D eigenvalue weighted by atomic mass is 16.4. The van der Waals surface area contributed by atoms with E-state index in [1.807, 2.05) is 12.2 Å². The first-order valence-electron chi connectivity index (χ1n) is 9.74. The van der Waals surface area contributed by atoms with Gasteiger partial charge in [-0.2, -0.15) is 0 Å². The summed E-state index contributed by atoms with van der Waals surface area (Å²) in [7, 11) is 0. The standard InChI is InChI=1S/C24H36O2/c1-23(2)21-19-17-15-13-11-9-7-5-3-4-6-8-10-12-14-16-18-20-22-24(25)26/h4-7,10-13,16-19,23H,3,8-9,14-15,20-22H2,1-2H3,(H,25,26)/b6-4-,7-5-,12-10-,13-11-,18-16-,19-17-. The molecule has 0 radical (unpaired) electrons. The Morgan fingerprint density at radius 2 is 1.00 bits per heavy atom. The van der Waals surface area contributed by atoms with E-state index in [0.29, 0.717) is 6.42 Å². The number of rotatable bonds is 15. The van der Waals surface area contributed by atoms with E-state index in [-0.39, 0.29) is 6.42 Å². The lowest BCUT2D eigenvalue weighted by atomic mass is 10.1. The fourth-order valence-electron chi connectivity index (χ4n) is 2.05. The summed E-state index contributed by atoms with van der Waals surface area (Å²) in [6, 6.07) is 0. The molecule has 0 saturated carbocycles. The van der Waals surface area contributed by atoms with Crippen LogP contribution >= 0.6 is 0 Å². The van der Waals surface area contributed by atoms with Crippen LogP contribution in [-0.4, -0.2) is 11.1 Å². The first-order chi connectivity index (χ1) is 12.6. The second-order valence-corrected chi connectivity index (χ2v) is 6.57. The molecule has 0 fully saturated rings. The van der Waals surface area contributed by atoms with Crippen molar-refractivity contribution in [2.45, 2.75) is 65.2 Å². The van der Waals surface area contributed by atoms with Gasteiger partial charge in [-0.15, -0.1) is 0 Å². The molecule has 2 heteroatoms. The predicted molar refractivity (Wildman–Crippen MR) is 114 cm³/mol. The summed E-state index contributed by atoms with van der Waals surface area (Å²) < 4.78 is 0. The summed E-state index contributed by atoms with van der Waals surface area (Å²) in [6.45, 7) is 4.47. The van der Waals surface area contributed by atoms with Crippen molar-refractivity contribution in [3.8, 4) is 0 Å². The molecule has 0 aliphatic heterocycles. The Balaban J connectivity index is 3.54. The molecule has 0 atom stereocenters. The number of carboxylic acids is 1. The molecule has 0 unspecified atom stereocenters. The van der Waals surface area contributed by atoms with Crippen LogP contribution in [0, 0.1) is 5.92 Å². The third-order valence-corrected chi connectivity index (χ3v) is 3.49. The molecule has 26 heavy (non-hydrogen) atoms. The molecule has 0 aromatic rings. The average Bonchev–Trinajstić information content (AvgIpc) is 2.59. The van der Waals surface area contributed by atoms with Gasteiger partial charge < -0.3 is 5.11 Å². The summed E-state index contributed by atoms with van der Waals surface area (Å²) in [6.07, 6.45) is 32.7. The molecule has 0 amide bonds. The molecule has 2 nitrogen and oxygen atoms in total. The third-order valence-electron chi connectivity index (χ3n) is 3.49. The molecule has 0 aliphatic carbocycles. The highest BCUT2D eigenvalue weighted by Crippen LogP contribution is 2.01. The Morgan fingerprint density at radius 1 is 0.654 bits per heavy atom. The quantitative estimate of drug-likeness (QED) is 0.315. The molecular weight excluding hydrogens is 320 g/mol. The van der Waals surface area contributed by atoms with Crippen molar-refractivity contribution < 1.29 is 9.90 Å². The van der Waals surface area contributed by atoms with Gasteiger partial charge in [0, 0.05) is 6.42 Å². The first-order valence-corrected chi connectivity index (χ1v) is 9.74. The van der Waals surface area contributed by atoms with Crippen LogP contribution in [0.15, 0.2) is 72.9 Å². The highest BCUT2D eigenvalue weighted by molar-refractivity contribution is 5.66. The van der Waals surface area contributed by atoms with Crippen LogP contribution in [0.3, 0.4) is 0 Å². The van der Waals surface area contributed by atoms with Crippen molar-refractivity contribution in [2.75, 3.05) is 0 Å². The fraction of sp³-hybridized carbons (Fsp3) is 0.458. The van der Waals surface area contributed by atoms with Crippen molar-refractivity contribution in [3.63, 3.8) is 0 Å². The molecule has 0 aromatic carbocycles. The van der Waals surface area contributed by atoms with Gasteiger partial charge in [-0.05, 0) is 50.9 Å². The fourth-order valence-corrected chi connectivity index (χ4v) is 2.05. The molecule has 0 aliphatic rings. The molecule has 0 rings (SSSR count). The van der Waals surface area contributed by atoms with Crippen LogP contribution in [-0.2, 0) is 4.79 Å². The molecule has 0 saturated heterocycles. The van der Waals surface area contributed by atoms with Crippen LogP contribution in [0.2, 0.25) is 0 Å². The van der Waals surface area contributed by atoms with E-state index in [4.69, 9.17) is 5.11 Å². The van der Waals surface area contributed by atoms with Gasteiger partial charge in [0.1, 0.15) is 0 Å². The van der Waals surface area contributed by atoms with E-state index in [2.05, 4.69) is 74.6 Å². The summed E-state index contributed by atoms with van der Waals surface area (Å²) in [5.41, 5.74) is 0. The minimum Gasteiger partial charge on any atom is -0.481 e. The Kier molecular flexibility index (Phi) is 17.7. The second kappa shape index (κ2) is 19.2. The van der Waals surface area contributed by atoms with Gasteiger partial charge in [-0.1, -0.05) is 86.8 Å². The summed E-state index contributed by atoms with van der Waals surface area (Å²) in [4.78, 5) is 10.3. The normalized spacial score (nSPS) is 13.2. The van der Waals surface area contributed by atoms with Gasteiger partial charge in [0.05, 0.1) is 0 Å². The smallest absolute Gasteiger partial charge is 0.303 e. The van der Waals surface area contributed by atoms with Gasteiger partial charge in [0.25, 0.3) is 0 Å². The SMILES string of the molecule is CC(C)C/C=C\C/C=C\C/C=C\C/C=C\C/C=C\C/C=C\CCC(=O)O. The molecule has 0 spiro atoms. The Labute approximate surface area is 160 Å². The maximum absolute atomic E-state index is 10.3. The second-order valence-electron chi connectivity index (χ2n) is 6.57. The van der Waals surface area contributed by atoms with Crippen LogP contribution in [0.4, 0.5) is 0 Å². The molecule has 0 bridgehead atoms. The Morgan fingerprint density at radius 3 is 1.35 bits per heavy atom. The zero-order valence-electron chi connectivity index (χ0n) is 16.5. The lowest BCUT2D eigenvalue weighted by molar-refractivity contribution is -0.136. The van der Waals surface area contributed by atoms with E-state index in [9.17, 15) is 4.79 Å². The Bertz CT molecular complexity index is 502. The van der Waals surface area contributed by atoms with Crippen molar-refractivity contribution in [2.24, 2.45) is 5.92 Å². The molecule has 144 valence electrons. The van der Waals surface area contributed by atoms with Crippen LogP contribution in [0.1, 0.15) is 65.2 Å². The minimum atomic E-state index is -0.741. The number of carbonyl (C=O) groups is 1. The van der Waals surface area contributed by atoms with E-state index >= 15 is 0 Å². The number of aliphatic carboxylic acids is 1. The minimum absolute atomic E-state index is 0.210. The Hall–Kier alpha value is -2.09. The van der Waals surface area contributed by atoms with Gasteiger partial charge in [-0.3, -0.25) is 4.79 Å². The van der Waals surface area contributed by atoms with Crippen molar-refractivity contribution in [1.29, 1.82) is 0 Å². The van der Waals surface area contributed by atoms with Gasteiger partial charge >= 0.3 is 5.97 Å². The summed E-state index contributed by atoms with van der Waals surface area (Å²) in [5, 5.41) is 8.51. The van der Waals surface area contributed by atoms with Gasteiger partial charge in [-0.25, -0.2) is 0 Å². The highest BCUT2D eigenvalue weighted by Gasteiger charge is 1.90. The number of carboxylic acid groups (broad SMARTS) is 1. The average molecular weight is 357 g/mol. The number of allylic oxidation sites excluding steroid dienone is 12. The van der Waals surface area contributed by atoms with E-state index in [0.717, 1.165) is 38.0 Å². The third kappa shape index (κ3) is 21.9. The van der Waals surface area contributed by atoms with Crippen molar-refractivity contribution in [1.82, 2.24) is 0 Å². The number of hydrogen-bond donors (Lipinski definition) is 1. The van der Waals surface area contributed by atoms with Gasteiger partial charge in [0.2, 0.25) is 0 Å². The molecule has 0 heterocycles. The number of hydrogen-bond acceptors (Lipinski definition) is 1. The lowest BCUT2D eigenvalue weighted by Gasteiger charge is -1.95. The predicted octanol–water partition coefficient (Wildman–Crippen LogP) is 7.19. The molecule has 1 N–H and O–H groups in total. The van der Waals surface area contributed by atoms with E-state index in [1.165, 1.54) is 6.42 Å². The zero-order chi connectivity index (χ0) is 19.3. The maximum atomic E-state index is 10.3. The van der Waals surface area contributed by atoms with Crippen LogP contribution in [0.25, 0.3) is 0 Å². The summed E-state index contributed by atoms with van der Waals surface area (Å²) >= 11 is 0. The topological polar surface area (TPSA) is 37.3 Å². The van der Waals surface area contributed by atoms with Crippen molar-refractivity contribution >= 4 is 5.97 Å². The molecular formula is C24H36O2. The van der Waals surface area contributed by atoms with E-state index < -0.39 is 5.97 Å².